The van der Waals surface area contributed by atoms with E-state index in [1.54, 1.807) is 0 Å². The molecule has 0 amide bonds. The maximum absolute atomic E-state index is 11.1. The van der Waals surface area contributed by atoms with Gasteiger partial charge >= 0.3 is 0 Å². The van der Waals surface area contributed by atoms with Gasteiger partial charge in [-0.3, -0.25) is 4.55 Å². The van der Waals surface area contributed by atoms with Crippen LogP contribution in [0.5, 0.6) is 0 Å². The van der Waals surface area contributed by atoms with Gasteiger partial charge in [-0.15, -0.1) is 0 Å². The minimum Gasteiger partial charge on any atom is -0.393 e. The molecule has 2 unspecified atom stereocenters. The van der Waals surface area contributed by atoms with E-state index in [9.17, 15) is 13.5 Å². The number of rotatable bonds is 17. The van der Waals surface area contributed by atoms with Gasteiger partial charge < -0.3 is 5.11 Å². The molecule has 0 bridgehead atoms. The second-order valence-corrected chi connectivity index (χ2v) is 8.77. The van der Waals surface area contributed by atoms with Gasteiger partial charge in [0.2, 0.25) is 0 Å². The van der Waals surface area contributed by atoms with Crippen LogP contribution in [0.25, 0.3) is 0 Å². The van der Waals surface area contributed by atoms with E-state index in [0.29, 0.717) is 12.8 Å². The third kappa shape index (κ3) is 14.2. The van der Waals surface area contributed by atoms with E-state index in [4.69, 9.17) is 4.55 Å². The molecule has 4 nitrogen and oxygen atoms in total. The summed E-state index contributed by atoms with van der Waals surface area (Å²) in [6.07, 6.45) is 16.0. The smallest absolute Gasteiger partial charge is 0.267 e. The molecule has 0 saturated carbocycles. The molecule has 0 spiro atoms. The van der Waals surface area contributed by atoms with Gasteiger partial charge in [0.15, 0.2) is 0 Å². The highest BCUT2D eigenvalue weighted by Crippen LogP contribution is 2.16. The zero-order valence-corrected chi connectivity index (χ0v) is 16.7. The summed E-state index contributed by atoms with van der Waals surface area (Å²) in [7, 11) is -3.85. The third-order valence-corrected chi connectivity index (χ3v) is 6.32. The molecule has 0 heterocycles. The summed E-state index contributed by atoms with van der Waals surface area (Å²) in [5.74, 6) is 0. The Balaban J connectivity index is 3.29. The average Bonchev–Trinajstić information content (AvgIpc) is 2.53. The van der Waals surface area contributed by atoms with Crippen molar-refractivity contribution in [1.82, 2.24) is 0 Å². The number of hydrogen-bond acceptors (Lipinski definition) is 3. The zero-order chi connectivity index (χ0) is 18.3. The van der Waals surface area contributed by atoms with Gasteiger partial charge in [-0.2, -0.15) is 8.42 Å². The van der Waals surface area contributed by atoms with Crippen molar-refractivity contribution in [3.05, 3.63) is 0 Å². The fraction of sp³-hybridized carbons (Fsp3) is 1.00. The molecule has 24 heavy (non-hydrogen) atoms. The van der Waals surface area contributed by atoms with E-state index in [-0.39, 0.29) is 6.10 Å². The van der Waals surface area contributed by atoms with Crippen molar-refractivity contribution in [3.8, 4) is 0 Å². The summed E-state index contributed by atoms with van der Waals surface area (Å²) in [6.45, 7) is 3.84. The Labute approximate surface area is 150 Å². The summed E-state index contributed by atoms with van der Waals surface area (Å²) >= 11 is 0. The van der Waals surface area contributed by atoms with Crippen molar-refractivity contribution in [3.63, 3.8) is 0 Å². The molecule has 5 heteroatoms. The molecule has 0 aliphatic rings. The minimum absolute atomic E-state index is 0.102. The van der Waals surface area contributed by atoms with E-state index in [2.05, 4.69) is 0 Å². The van der Waals surface area contributed by atoms with Crippen LogP contribution in [0.3, 0.4) is 0 Å². The Kier molecular flexibility index (Phi) is 15.1. The summed E-state index contributed by atoms with van der Waals surface area (Å²) < 4.78 is 31.2. The lowest BCUT2D eigenvalue weighted by atomic mass is 10.0. The van der Waals surface area contributed by atoms with Gasteiger partial charge in [-0.25, -0.2) is 0 Å². The highest BCUT2D eigenvalue weighted by molar-refractivity contribution is 7.86. The molecule has 0 radical (unpaired) electrons. The summed E-state index contributed by atoms with van der Waals surface area (Å²) in [4.78, 5) is 0. The minimum atomic E-state index is -3.85. The molecule has 2 N–H and O–H groups in total. The number of hydrogen-bond donors (Lipinski definition) is 2. The molecule has 0 saturated heterocycles. The standard InChI is InChI=1S/C19H40O4S/c1-3-18(20)16-14-12-10-8-6-5-7-9-11-13-15-17-19(4-2)24(21,22)23/h18-20H,3-17H2,1-2H3,(H,21,22,23). The molecule has 0 aliphatic heterocycles. The van der Waals surface area contributed by atoms with E-state index in [1.165, 1.54) is 44.9 Å². The Bertz CT molecular complexity index is 368. The van der Waals surface area contributed by atoms with Crippen LogP contribution in [0.2, 0.25) is 0 Å². The van der Waals surface area contributed by atoms with Crippen molar-refractivity contribution in [2.45, 2.75) is 122 Å². The Morgan fingerprint density at radius 3 is 1.38 bits per heavy atom. The molecule has 0 aromatic heterocycles. The molecule has 0 rings (SSSR count). The third-order valence-electron chi connectivity index (χ3n) is 4.91. The predicted molar refractivity (Wildman–Crippen MR) is 102 cm³/mol. The van der Waals surface area contributed by atoms with Crippen LogP contribution in [-0.4, -0.2) is 29.4 Å². The molecule has 0 fully saturated rings. The second kappa shape index (κ2) is 15.2. The van der Waals surface area contributed by atoms with Gasteiger partial charge in [0.05, 0.1) is 11.4 Å². The quantitative estimate of drug-likeness (QED) is 0.264. The van der Waals surface area contributed by atoms with Crippen LogP contribution in [0.1, 0.15) is 110 Å². The Morgan fingerprint density at radius 1 is 0.667 bits per heavy atom. The van der Waals surface area contributed by atoms with Gasteiger partial charge in [0.1, 0.15) is 0 Å². The average molecular weight is 365 g/mol. The van der Waals surface area contributed by atoms with Crippen LogP contribution in [0, 0.1) is 0 Å². The highest BCUT2D eigenvalue weighted by atomic mass is 32.2. The van der Waals surface area contributed by atoms with Crippen LogP contribution in [-0.2, 0) is 10.1 Å². The molecule has 0 aliphatic carbocycles. The van der Waals surface area contributed by atoms with Gasteiger partial charge in [0.25, 0.3) is 10.1 Å². The van der Waals surface area contributed by atoms with E-state index in [1.807, 2.05) is 13.8 Å². The van der Waals surface area contributed by atoms with Crippen LogP contribution in [0.4, 0.5) is 0 Å². The normalized spacial score (nSPS) is 14.7. The van der Waals surface area contributed by atoms with Gasteiger partial charge in [-0.05, 0) is 25.7 Å². The monoisotopic (exact) mass is 364 g/mol. The first-order chi connectivity index (χ1) is 11.4. The Hall–Kier alpha value is -0.130. The topological polar surface area (TPSA) is 74.6 Å². The zero-order valence-electron chi connectivity index (χ0n) is 15.9. The second-order valence-electron chi connectivity index (χ2n) is 7.07. The molecular weight excluding hydrogens is 324 g/mol. The van der Waals surface area contributed by atoms with Crippen molar-refractivity contribution in [2.24, 2.45) is 0 Å². The van der Waals surface area contributed by atoms with Crippen LogP contribution in [0.15, 0.2) is 0 Å². The maximum atomic E-state index is 11.1. The molecule has 2 atom stereocenters. The first kappa shape index (κ1) is 23.9. The number of unbranched alkanes of at least 4 members (excludes halogenated alkanes) is 10. The largest absolute Gasteiger partial charge is 0.393 e. The SMILES string of the molecule is CCC(O)CCCCCCCCCCCCCC(CC)S(=O)(=O)O. The van der Waals surface area contributed by atoms with Crippen LogP contribution >= 0.6 is 0 Å². The first-order valence-electron chi connectivity index (χ1n) is 10.1. The van der Waals surface area contributed by atoms with Crippen molar-refractivity contribution >= 4 is 10.1 Å². The summed E-state index contributed by atoms with van der Waals surface area (Å²) in [5.41, 5.74) is 0. The lowest BCUT2D eigenvalue weighted by Crippen LogP contribution is -2.19. The Morgan fingerprint density at radius 2 is 1.04 bits per heavy atom. The fourth-order valence-electron chi connectivity index (χ4n) is 3.11. The van der Waals surface area contributed by atoms with Crippen molar-refractivity contribution in [1.29, 1.82) is 0 Å². The van der Waals surface area contributed by atoms with E-state index < -0.39 is 15.4 Å². The van der Waals surface area contributed by atoms with E-state index in [0.717, 1.165) is 38.5 Å². The molecular formula is C19H40O4S. The van der Waals surface area contributed by atoms with Crippen molar-refractivity contribution < 1.29 is 18.1 Å². The van der Waals surface area contributed by atoms with E-state index >= 15 is 0 Å². The highest BCUT2D eigenvalue weighted by Gasteiger charge is 2.19. The maximum Gasteiger partial charge on any atom is 0.267 e. The predicted octanol–water partition coefficient (Wildman–Crippen LogP) is 5.50. The number of aliphatic hydroxyl groups excluding tert-OH is 1. The molecule has 0 aromatic carbocycles. The molecule has 146 valence electrons. The summed E-state index contributed by atoms with van der Waals surface area (Å²) in [5, 5.41) is 8.89. The first-order valence-corrected chi connectivity index (χ1v) is 11.6. The lowest BCUT2D eigenvalue weighted by molar-refractivity contribution is 0.156. The number of aliphatic hydroxyl groups is 1. The van der Waals surface area contributed by atoms with Gasteiger partial charge in [-0.1, -0.05) is 84.5 Å². The fourth-order valence-corrected chi connectivity index (χ4v) is 4.00. The lowest BCUT2D eigenvalue weighted by Gasteiger charge is -2.10. The van der Waals surface area contributed by atoms with Gasteiger partial charge in [0, 0.05) is 0 Å². The summed E-state index contributed by atoms with van der Waals surface area (Å²) in [6, 6.07) is 0. The van der Waals surface area contributed by atoms with Crippen molar-refractivity contribution in [2.75, 3.05) is 0 Å². The van der Waals surface area contributed by atoms with Crippen LogP contribution < -0.4 is 0 Å². The molecule has 0 aromatic rings.